The fraction of sp³-hybridized carbons (Fsp3) is 0.125. The number of halogens is 4. The van der Waals surface area contributed by atoms with E-state index in [1.807, 2.05) is 0 Å². The Hall–Kier alpha value is -2.75. The van der Waals surface area contributed by atoms with E-state index in [9.17, 15) is 22.8 Å². The molecule has 0 aliphatic carbocycles. The second-order valence-electron chi connectivity index (χ2n) is 5.03. The summed E-state index contributed by atoms with van der Waals surface area (Å²) in [5.74, 6) is -2.86. The van der Waals surface area contributed by atoms with Gasteiger partial charge < -0.3 is 20.1 Å². The van der Waals surface area contributed by atoms with Crippen molar-refractivity contribution in [2.45, 2.75) is 6.29 Å². The Balaban J connectivity index is 0.00000243. The lowest BCUT2D eigenvalue weighted by molar-refractivity contribution is -0.286. The van der Waals surface area contributed by atoms with Crippen molar-refractivity contribution >= 4 is 34.5 Å². The molecule has 0 bridgehead atoms. The predicted molar refractivity (Wildman–Crippen MR) is 90.7 cm³/mol. The third-order valence-corrected chi connectivity index (χ3v) is 3.38. The standard InChI is InChI=1S/C16H11F3N2O4.BrH/c1-20-15(23)9-3-2-4-10(13(9)17)21-14(22)8-5-6-11-12(7-8)25-16(18,19)24-11;/h2-7H,1H3,(H,20,23)(H,21,22);1H. The van der Waals surface area contributed by atoms with Crippen molar-refractivity contribution in [2.24, 2.45) is 0 Å². The fourth-order valence-corrected chi connectivity index (χ4v) is 2.22. The van der Waals surface area contributed by atoms with Crippen LogP contribution in [0.4, 0.5) is 18.9 Å². The third kappa shape index (κ3) is 3.74. The van der Waals surface area contributed by atoms with Crippen LogP contribution >= 0.6 is 17.0 Å². The van der Waals surface area contributed by atoms with Crippen molar-refractivity contribution in [3.63, 3.8) is 0 Å². The van der Waals surface area contributed by atoms with Crippen LogP contribution in [0, 0.1) is 5.82 Å². The largest absolute Gasteiger partial charge is 0.586 e. The van der Waals surface area contributed by atoms with E-state index in [1.54, 1.807) is 0 Å². The second kappa shape index (κ2) is 7.24. The average Bonchev–Trinajstić information content (AvgIpc) is 2.88. The van der Waals surface area contributed by atoms with Gasteiger partial charge in [0, 0.05) is 12.6 Å². The molecule has 0 saturated heterocycles. The third-order valence-electron chi connectivity index (χ3n) is 3.38. The van der Waals surface area contributed by atoms with E-state index in [2.05, 4.69) is 20.1 Å². The Morgan fingerprint density at radius 1 is 1.04 bits per heavy atom. The summed E-state index contributed by atoms with van der Waals surface area (Å²) in [6, 6.07) is 7.32. The molecule has 0 atom stereocenters. The van der Waals surface area contributed by atoms with Crippen LogP contribution in [0.25, 0.3) is 0 Å². The Morgan fingerprint density at radius 2 is 1.73 bits per heavy atom. The molecule has 0 spiro atoms. The van der Waals surface area contributed by atoms with Crippen LogP contribution in [0.1, 0.15) is 20.7 Å². The summed E-state index contributed by atoms with van der Waals surface area (Å²) in [6.45, 7) is 0. The Kier molecular flexibility index (Phi) is 5.45. The minimum absolute atomic E-state index is 0. The molecule has 0 unspecified atom stereocenters. The van der Waals surface area contributed by atoms with Gasteiger partial charge in [0.2, 0.25) is 0 Å². The van der Waals surface area contributed by atoms with E-state index < -0.39 is 23.9 Å². The normalized spacial score (nSPS) is 13.5. The average molecular weight is 433 g/mol. The molecule has 2 aromatic carbocycles. The SMILES string of the molecule is Br.CNC(=O)c1cccc(NC(=O)c2ccc3c(c2)OC(F)(F)O3)c1F. The van der Waals surface area contributed by atoms with Crippen LogP contribution in [0.15, 0.2) is 36.4 Å². The summed E-state index contributed by atoms with van der Waals surface area (Å²) in [4.78, 5) is 23.8. The van der Waals surface area contributed by atoms with Crippen molar-refractivity contribution < 1.29 is 32.2 Å². The van der Waals surface area contributed by atoms with Gasteiger partial charge in [-0.05, 0) is 30.3 Å². The second-order valence-corrected chi connectivity index (χ2v) is 5.03. The van der Waals surface area contributed by atoms with Gasteiger partial charge in [-0.2, -0.15) is 0 Å². The molecule has 0 aromatic heterocycles. The van der Waals surface area contributed by atoms with Gasteiger partial charge >= 0.3 is 6.29 Å². The van der Waals surface area contributed by atoms with Gasteiger partial charge in [-0.1, -0.05) is 6.07 Å². The molecule has 1 aliphatic heterocycles. The van der Waals surface area contributed by atoms with E-state index in [0.717, 1.165) is 12.1 Å². The van der Waals surface area contributed by atoms with Crippen LogP contribution in [-0.4, -0.2) is 25.2 Å². The molecule has 1 aliphatic rings. The first-order valence-corrected chi connectivity index (χ1v) is 7.02. The van der Waals surface area contributed by atoms with Crippen molar-refractivity contribution in [1.29, 1.82) is 0 Å². The van der Waals surface area contributed by atoms with E-state index in [4.69, 9.17) is 0 Å². The van der Waals surface area contributed by atoms with Gasteiger partial charge in [-0.3, -0.25) is 9.59 Å². The Morgan fingerprint density at radius 3 is 2.42 bits per heavy atom. The van der Waals surface area contributed by atoms with E-state index in [-0.39, 0.29) is 45.3 Å². The molecule has 6 nitrogen and oxygen atoms in total. The highest BCUT2D eigenvalue weighted by Crippen LogP contribution is 2.41. The first-order valence-electron chi connectivity index (χ1n) is 7.02. The summed E-state index contributed by atoms with van der Waals surface area (Å²) in [5, 5.41) is 4.56. The lowest BCUT2D eigenvalue weighted by Gasteiger charge is -2.09. The highest BCUT2D eigenvalue weighted by molar-refractivity contribution is 8.93. The molecule has 26 heavy (non-hydrogen) atoms. The van der Waals surface area contributed by atoms with Gasteiger partial charge in [0.25, 0.3) is 11.8 Å². The monoisotopic (exact) mass is 432 g/mol. The van der Waals surface area contributed by atoms with E-state index in [0.29, 0.717) is 0 Å². The summed E-state index contributed by atoms with van der Waals surface area (Å²) >= 11 is 0. The molecule has 0 radical (unpaired) electrons. The fourth-order valence-electron chi connectivity index (χ4n) is 2.22. The number of carbonyl (C=O) groups is 2. The van der Waals surface area contributed by atoms with Crippen LogP contribution in [-0.2, 0) is 0 Å². The first kappa shape index (κ1) is 19.6. The number of benzene rings is 2. The quantitative estimate of drug-likeness (QED) is 0.779. The Bertz CT molecular complexity index is 877. The lowest BCUT2D eigenvalue weighted by Crippen LogP contribution is -2.25. The molecule has 1 heterocycles. The molecule has 0 fully saturated rings. The zero-order chi connectivity index (χ0) is 18.2. The van der Waals surface area contributed by atoms with Gasteiger partial charge in [-0.25, -0.2) is 4.39 Å². The molecule has 3 rings (SSSR count). The van der Waals surface area contributed by atoms with Crippen LogP contribution in [0.3, 0.4) is 0 Å². The zero-order valence-corrected chi connectivity index (χ0v) is 14.9. The number of hydrogen-bond acceptors (Lipinski definition) is 4. The maximum absolute atomic E-state index is 14.3. The predicted octanol–water partition coefficient (Wildman–Crippen LogP) is 3.34. The van der Waals surface area contributed by atoms with E-state index >= 15 is 0 Å². The van der Waals surface area contributed by atoms with Crippen LogP contribution in [0.2, 0.25) is 0 Å². The molecule has 2 aromatic rings. The number of ether oxygens (including phenoxy) is 2. The van der Waals surface area contributed by atoms with Crippen molar-refractivity contribution in [1.82, 2.24) is 5.32 Å². The molecular weight excluding hydrogens is 421 g/mol. The minimum atomic E-state index is -3.80. The minimum Gasteiger partial charge on any atom is -0.395 e. The molecule has 2 amide bonds. The lowest BCUT2D eigenvalue weighted by atomic mass is 10.1. The first-order chi connectivity index (χ1) is 11.8. The summed E-state index contributed by atoms with van der Waals surface area (Å²) in [5.41, 5.74) is -0.524. The number of alkyl halides is 2. The van der Waals surface area contributed by atoms with Crippen LogP contribution in [0.5, 0.6) is 11.5 Å². The number of carbonyl (C=O) groups excluding carboxylic acids is 2. The smallest absolute Gasteiger partial charge is 0.395 e. The highest BCUT2D eigenvalue weighted by atomic mass is 79.9. The maximum atomic E-state index is 14.3. The van der Waals surface area contributed by atoms with E-state index in [1.165, 1.54) is 31.3 Å². The van der Waals surface area contributed by atoms with Gasteiger partial charge in [0.15, 0.2) is 17.3 Å². The van der Waals surface area contributed by atoms with Crippen molar-refractivity contribution in [2.75, 3.05) is 12.4 Å². The summed E-state index contributed by atoms with van der Waals surface area (Å²) < 4.78 is 48.8. The number of hydrogen-bond donors (Lipinski definition) is 2. The van der Waals surface area contributed by atoms with Crippen LogP contribution < -0.4 is 20.1 Å². The summed E-state index contributed by atoms with van der Waals surface area (Å²) in [6.07, 6.45) is -3.80. The maximum Gasteiger partial charge on any atom is 0.586 e. The van der Waals surface area contributed by atoms with Gasteiger partial charge in [0.1, 0.15) is 0 Å². The molecular formula is C16H12BrF3N2O4. The topological polar surface area (TPSA) is 76.7 Å². The highest BCUT2D eigenvalue weighted by Gasteiger charge is 2.43. The molecule has 0 saturated carbocycles. The van der Waals surface area contributed by atoms with Gasteiger partial charge in [0.05, 0.1) is 11.3 Å². The number of amides is 2. The number of rotatable bonds is 3. The number of nitrogens with one attached hydrogen (secondary N) is 2. The zero-order valence-electron chi connectivity index (χ0n) is 13.1. The van der Waals surface area contributed by atoms with Crippen molar-refractivity contribution in [3.8, 4) is 11.5 Å². The molecule has 2 N–H and O–H groups in total. The van der Waals surface area contributed by atoms with Crippen molar-refractivity contribution in [3.05, 3.63) is 53.3 Å². The molecule has 138 valence electrons. The number of fused-ring (bicyclic) bond motifs is 1. The Labute approximate surface area is 156 Å². The summed E-state index contributed by atoms with van der Waals surface area (Å²) in [7, 11) is 1.34. The molecule has 10 heteroatoms. The van der Waals surface area contributed by atoms with Gasteiger partial charge in [-0.15, -0.1) is 25.8 Å². The number of anilines is 1.